The molecule has 1 N–H and O–H groups in total. The first-order chi connectivity index (χ1) is 14.4. The highest BCUT2D eigenvalue weighted by Gasteiger charge is 2.18. The van der Waals surface area contributed by atoms with Crippen molar-refractivity contribution in [1.82, 2.24) is 9.66 Å². The largest absolute Gasteiger partial charge is 0.375 e. The molecule has 0 bridgehead atoms. The second-order valence-electron chi connectivity index (χ2n) is 7.00. The van der Waals surface area contributed by atoms with Crippen LogP contribution in [0.4, 0.5) is 10.1 Å². The van der Waals surface area contributed by atoms with E-state index in [-0.39, 0.29) is 11.1 Å². The summed E-state index contributed by atoms with van der Waals surface area (Å²) in [6.45, 7) is 1.94. The average Bonchev–Trinajstić information content (AvgIpc) is 3.07. The predicted octanol–water partition coefficient (Wildman–Crippen LogP) is 4.02. The summed E-state index contributed by atoms with van der Waals surface area (Å²) in [5.74, 6) is -1.12. The van der Waals surface area contributed by atoms with E-state index in [0.29, 0.717) is 15.9 Å². The van der Waals surface area contributed by atoms with E-state index in [0.717, 1.165) is 26.7 Å². The number of fused-ring (bicyclic) bond motifs is 1. The minimum absolute atomic E-state index is 0.106. The lowest BCUT2D eigenvalue weighted by molar-refractivity contribution is 0.101. The number of aryl methyl sites for hydroxylation is 1. The third-order valence-electron chi connectivity index (χ3n) is 4.76. The lowest BCUT2D eigenvalue weighted by Gasteiger charge is -2.14. The van der Waals surface area contributed by atoms with Gasteiger partial charge in [-0.15, -0.1) is 11.3 Å². The van der Waals surface area contributed by atoms with Gasteiger partial charge >= 0.3 is 0 Å². The number of hydrogen-bond acceptors (Lipinski definition) is 5. The molecule has 0 aliphatic rings. The van der Waals surface area contributed by atoms with Crippen LogP contribution in [0.5, 0.6) is 0 Å². The number of aromatic nitrogens is 2. The molecule has 0 saturated heterocycles. The standard InChI is InChI=1S/C22H19FN4O2S/c1-13-18(14-7-5-4-6-8-14)19-21(30-13)24-12-27(22(19)29)25-20(28)15-9-10-17(26(2)3)16(23)11-15/h4-12H,1-3H3,(H,25,28). The molecule has 0 atom stereocenters. The maximum atomic E-state index is 14.2. The van der Waals surface area contributed by atoms with E-state index >= 15 is 0 Å². The minimum atomic E-state index is -0.601. The summed E-state index contributed by atoms with van der Waals surface area (Å²) in [4.78, 5) is 33.3. The lowest BCUT2D eigenvalue weighted by Crippen LogP contribution is -2.33. The molecular formula is C22H19FN4O2S. The second kappa shape index (κ2) is 7.72. The molecule has 0 aliphatic heterocycles. The third-order valence-corrected chi connectivity index (χ3v) is 5.78. The molecule has 0 fully saturated rings. The molecular weight excluding hydrogens is 403 g/mol. The molecule has 0 aliphatic carbocycles. The van der Waals surface area contributed by atoms with Crippen molar-refractivity contribution in [2.45, 2.75) is 6.92 Å². The van der Waals surface area contributed by atoms with Gasteiger partial charge in [0.1, 0.15) is 17.0 Å². The van der Waals surface area contributed by atoms with Crippen molar-refractivity contribution in [2.24, 2.45) is 0 Å². The predicted molar refractivity (Wildman–Crippen MR) is 118 cm³/mol. The van der Waals surface area contributed by atoms with Crippen molar-refractivity contribution in [2.75, 3.05) is 24.4 Å². The van der Waals surface area contributed by atoms with E-state index in [9.17, 15) is 14.0 Å². The van der Waals surface area contributed by atoms with Crippen LogP contribution in [-0.4, -0.2) is 29.7 Å². The molecule has 2 heterocycles. The van der Waals surface area contributed by atoms with Crippen molar-refractivity contribution in [3.8, 4) is 11.1 Å². The Labute approximate surface area is 176 Å². The third kappa shape index (κ3) is 3.46. The normalized spacial score (nSPS) is 10.9. The first kappa shape index (κ1) is 19.8. The fraction of sp³-hybridized carbons (Fsp3) is 0.136. The first-order valence-corrected chi connectivity index (χ1v) is 10.0. The number of halogens is 1. The average molecular weight is 422 g/mol. The molecule has 0 spiro atoms. The van der Waals surface area contributed by atoms with Crippen molar-refractivity contribution in [1.29, 1.82) is 0 Å². The minimum Gasteiger partial charge on any atom is -0.375 e. The summed E-state index contributed by atoms with van der Waals surface area (Å²) in [5.41, 5.74) is 4.31. The smallest absolute Gasteiger partial charge is 0.281 e. The molecule has 2 aromatic heterocycles. The molecule has 152 valence electrons. The van der Waals surface area contributed by atoms with Gasteiger partial charge in [-0.1, -0.05) is 30.3 Å². The zero-order chi connectivity index (χ0) is 21.4. The molecule has 0 saturated carbocycles. The summed E-state index contributed by atoms with van der Waals surface area (Å²) in [6.07, 6.45) is 1.28. The van der Waals surface area contributed by atoms with Crippen molar-refractivity contribution in [3.05, 3.63) is 81.5 Å². The van der Waals surface area contributed by atoms with Gasteiger partial charge in [-0.2, -0.15) is 0 Å². The van der Waals surface area contributed by atoms with Gasteiger partial charge in [-0.25, -0.2) is 14.1 Å². The number of amides is 1. The van der Waals surface area contributed by atoms with Gasteiger partial charge in [-0.05, 0) is 30.7 Å². The summed E-state index contributed by atoms with van der Waals surface area (Å²) >= 11 is 1.43. The monoisotopic (exact) mass is 422 g/mol. The number of anilines is 1. The van der Waals surface area contributed by atoms with Crippen LogP contribution >= 0.6 is 11.3 Å². The first-order valence-electron chi connectivity index (χ1n) is 9.21. The number of nitrogens with one attached hydrogen (secondary N) is 1. The number of hydrogen-bond donors (Lipinski definition) is 1. The molecule has 4 aromatic rings. The van der Waals surface area contributed by atoms with E-state index in [1.807, 2.05) is 37.3 Å². The van der Waals surface area contributed by atoms with Crippen LogP contribution in [0, 0.1) is 12.7 Å². The van der Waals surface area contributed by atoms with Crippen LogP contribution in [0.2, 0.25) is 0 Å². The molecule has 0 unspecified atom stereocenters. The maximum Gasteiger partial charge on any atom is 0.281 e. The van der Waals surface area contributed by atoms with E-state index in [1.165, 1.54) is 29.8 Å². The van der Waals surface area contributed by atoms with Crippen molar-refractivity contribution >= 4 is 33.1 Å². The van der Waals surface area contributed by atoms with Gasteiger partial charge in [0.05, 0.1) is 11.1 Å². The van der Waals surface area contributed by atoms with E-state index < -0.39 is 11.7 Å². The second-order valence-corrected chi connectivity index (χ2v) is 8.20. The zero-order valence-electron chi connectivity index (χ0n) is 16.6. The molecule has 4 rings (SSSR count). The van der Waals surface area contributed by atoms with E-state index in [4.69, 9.17) is 0 Å². The molecule has 0 radical (unpaired) electrons. The summed E-state index contributed by atoms with van der Waals surface area (Å²) in [5, 5.41) is 0.445. The Morgan fingerprint density at radius 3 is 2.57 bits per heavy atom. The van der Waals surface area contributed by atoms with Gasteiger partial charge in [0.15, 0.2) is 0 Å². The number of thiophene rings is 1. The van der Waals surface area contributed by atoms with E-state index in [2.05, 4.69) is 10.4 Å². The van der Waals surface area contributed by atoms with Crippen molar-refractivity contribution < 1.29 is 9.18 Å². The molecule has 1 amide bonds. The number of carbonyl (C=O) groups is 1. The number of nitrogens with zero attached hydrogens (tertiary/aromatic N) is 3. The fourth-order valence-electron chi connectivity index (χ4n) is 3.32. The van der Waals surface area contributed by atoms with Crippen molar-refractivity contribution in [3.63, 3.8) is 0 Å². The Morgan fingerprint density at radius 2 is 1.90 bits per heavy atom. The van der Waals surface area contributed by atoms with Gasteiger partial charge in [0.2, 0.25) is 0 Å². The number of rotatable bonds is 4. The Bertz CT molecular complexity index is 1310. The van der Waals surface area contributed by atoms with Gasteiger partial charge in [-0.3, -0.25) is 15.0 Å². The van der Waals surface area contributed by atoms with Gasteiger partial charge in [0, 0.05) is 30.1 Å². The van der Waals surface area contributed by atoms with Crippen LogP contribution in [0.3, 0.4) is 0 Å². The molecule has 8 heteroatoms. The Kier molecular flexibility index (Phi) is 5.09. The van der Waals surface area contributed by atoms with Crippen LogP contribution < -0.4 is 15.9 Å². The molecule has 2 aromatic carbocycles. The maximum absolute atomic E-state index is 14.2. The van der Waals surface area contributed by atoms with Crippen LogP contribution in [-0.2, 0) is 0 Å². The number of carbonyl (C=O) groups excluding carboxylic acids is 1. The molecule has 30 heavy (non-hydrogen) atoms. The van der Waals surface area contributed by atoms with E-state index in [1.54, 1.807) is 19.0 Å². The van der Waals surface area contributed by atoms with Crippen LogP contribution in [0.1, 0.15) is 15.2 Å². The molecule has 6 nitrogen and oxygen atoms in total. The quantitative estimate of drug-likeness (QED) is 0.539. The number of benzene rings is 2. The highest BCUT2D eigenvalue weighted by Crippen LogP contribution is 2.35. The SMILES string of the molecule is Cc1sc2ncn(NC(=O)c3ccc(N(C)C)c(F)c3)c(=O)c2c1-c1ccccc1. The highest BCUT2D eigenvalue weighted by molar-refractivity contribution is 7.19. The Hall–Kier alpha value is -3.52. The van der Waals surface area contributed by atoms with Gasteiger partial charge < -0.3 is 4.90 Å². The fourth-order valence-corrected chi connectivity index (χ4v) is 4.32. The lowest BCUT2D eigenvalue weighted by atomic mass is 10.0. The summed E-state index contributed by atoms with van der Waals surface area (Å²) < 4.78 is 15.3. The summed E-state index contributed by atoms with van der Waals surface area (Å²) in [6, 6.07) is 13.7. The summed E-state index contributed by atoms with van der Waals surface area (Å²) in [7, 11) is 3.43. The van der Waals surface area contributed by atoms with Gasteiger partial charge in [0.25, 0.3) is 11.5 Å². The van der Waals surface area contributed by atoms with Crippen LogP contribution in [0.25, 0.3) is 21.3 Å². The highest BCUT2D eigenvalue weighted by atomic mass is 32.1. The zero-order valence-corrected chi connectivity index (χ0v) is 17.5. The Balaban J connectivity index is 1.74. The Morgan fingerprint density at radius 1 is 1.17 bits per heavy atom. The topological polar surface area (TPSA) is 67.2 Å². The van der Waals surface area contributed by atoms with Crippen LogP contribution in [0.15, 0.2) is 59.7 Å².